The van der Waals surface area contributed by atoms with Crippen molar-refractivity contribution in [2.45, 2.75) is 19.0 Å². The topological polar surface area (TPSA) is 80.3 Å². The number of carbonyl (C=O) groups is 2. The fraction of sp³-hybridized carbons (Fsp3) is 0.190. The molecule has 1 unspecified atom stereocenters. The van der Waals surface area contributed by atoms with Gasteiger partial charge in [-0.25, -0.2) is 4.98 Å². The van der Waals surface area contributed by atoms with Gasteiger partial charge in [-0.1, -0.05) is 42.5 Å². The molecule has 1 atom stereocenters. The highest BCUT2D eigenvalue weighted by Crippen LogP contribution is 2.11. The lowest BCUT2D eigenvalue weighted by Gasteiger charge is -2.18. The molecule has 28 heavy (non-hydrogen) atoms. The van der Waals surface area contributed by atoms with Crippen molar-refractivity contribution in [3.8, 4) is 5.88 Å². The molecule has 0 saturated carbocycles. The van der Waals surface area contributed by atoms with Crippen molar-refractivity contribution >= 4 is 23.2 Å². The van der Waals surface area contributed by atoms with E-state index in [1.54, 1.807) is 25.4 Å². The molecular formula is C21H21N3O3S. The van der Waals surface area contributed by atoms with Crippen molar-refractivity contribution in [1.29, 1.82) is 0 Å². The molecule has 2 amide bonds. The molecule has 3 aromatic rings. The van der Waals surface area contributed by atoms with Crippen molar-refractivity contribution < 1.29 is 14.3 Å². The third-order valence-corrected chi connectivity index (χ3v) is 4.99. The fourth-order valence-corrected chi connectivity index (χ4v) is 3.27. The summed E-state index contributed by atoms with van der Waals surface area (Å²) in [6.07, 6.45) is 2.06. The van der Waals surface area contributed by atoms with Crippen LogP contribution in [0.15, 0.2) is 66.2 Å². The first-order valence-electron chi connectivity index (χ1n) is 8.80. The first-order chi connectivity index (χ1) is 13.7. The van der Waals surface area contributed by atoms with Gasteiger partial charge < -0.3 is 15.4 Å². The molecular weight excluding hydrogens is 374 g/mol. The van der Waals surface area contributed by atoms with Gasteiger partial charge in [0, 0.05) is 25.2 Å². The Balaban J connectivity index is 1.67. The van der Waals surface area contributed by atoms with Crippen LogP contribution in [-0.4, -0.2) is 29.9 Å². The first kappa shape index (κ1) is 19.6. The molecule has 3 rings (SSSR count). The van der Waals surface area contributed by atoms with Crippen molar-refractivity contribution in [1.82, 2.24) is 15.6 Å². The molecule has 0 aliphatic rings. The third-order valence-electron chi connectivity index (χ3n) is 4.12. The number of hydrogen-bond acceptors (Lipinski definition) is 5. The minimum atomic E-state index is -0.678. The highest BCUT2D eigenvalue weighted by molar-refractivity contribution is 7.12. The Hall–Kier alpha value is -3.19. The van der Waals surface area contributed by atoms with E-state index in [0.717, 1.165) is 11.1 Å². The molecule has 0 aliphatic heterocycles. The summed E-state index contributed by atoms with van der Waals surface area (Å²) in [5, 5.41) is 7.55. The fourth-order valence-electron chi connectivity index (χ4n) is 2.64. The van der Waals surface area contributed by atoms with Crippen LogP contribution in [0.25, 0.3) is 0 Å². The van der Waals surface area contributed by atoms with E-state index in [1.165, 1.54) is 11.3 Å². The molecule has 2 aromatic heterocycles. The smallest absolute Gasteiger partial charge is 0.262 e. The van der Waals surface area contributed by atoms with Gasteiger partial charge >= 0.3 is 0 Å². The molecule has 6 nitrogen and oxygen atoms in total. The zero-order valence-electron chi connectivity index (χ0n) is 15.4. The summed E-state index contributed by atoms with van der Waals surface area (Å²) < 4.78 is 5.03. The van der Waals surface area contributed by atoms with Crippen molar-refractivity contribution in [3.63, 3.8) is 0 Å². The van der Waals surface area contributed by atoms with E-state index in [1.807, 2.05) is 47.8 Å². The second-order valence-corrected chi connectivity index (χ2v) is 7.07. The molecule has 2 N–H and O–H groups in total. The summed E-state index contributed by atoms with van der Waals surface area (Å²) in [6, 6.07) is 16.0. The number of nitrogens with zero attached hydrogens (tertiary/aromatic N) is 1. The number of benzene rings is 1. The Labute approximate surface area is 167 Å². The van der Waals surface area contributed by atoms with Gasteiger partial charge in [0.25, 0.3) is 5.91 Å². The number of ether oxygens (including phenoxy) is 1. The van der Waals surface area contributed by atoms with Crippen LogP contribution in [0.1, 0.15) is 20.8 Å². The van der Waals surface area contributed by atoms with Crippen molar-refractivity contribution in [2.24, 2.45) is 0 Å². The Bertz CT molecular complexity index is 896. The Morgan fingerprint density at radius 2 is 1.89 bits per heavy atom. The maximum Gasteiger partial charge on any atom is 0.262 e. The number of nitrogens with one attached hydrogen (secondary N) is 2. The van der Waals surface area contributed by atoms with Crippen molar-refractivity contribution in [2.75, 3.05) is 7.11 Å². The minimum absolute atomic E-state index is 0.246. The van der Waals surface area contributed by atoms with Gasteiger partial charge in [-0.15, -0.1) is 11.3 Å². The molecule has 7 heteroatoms. The van der Waals surface area contributed by atoms with Crippen LogP contribution in [0.3, 0.4) is 0 Å². The highest BCUT2D eigenvalue weighted by atomic mass is 32.1. The van der Waals surface area contributed by atoms with E-state index in [2.05, 4.69) is 15.6 Å². The standard InChI is InChI=1S/C21H21N3O3S/c1-27-19-10-9-16(13-22-19)14-23-20(25)17(12-15-6-3-2-4-7-15)24-21(26)18-8-5-11-28-18/h2-11,13,17H,12,14H2,1H3,(H,23,25)(H,24,26). The summed E-state index contributed by atoms with van der Waals surface area (Å²) in [4.78, 5) is 29.9. The minimum Gasteiger partial charge on any atom is -0.481 e. The Morgan fingerprint density at radius 1 is 1.07 bits per heavy atom. The third kappa shape index (κ3) is 5.40. The van der Waals surface area contributed by atoms with Gasteiger partial charge in [0.2, 0.25) is 11.8 Å². The zero-order valence-corrected chi connectivity index (χ0v) is 16.2. The number of carbonyl (C=O) groups excluding carboxylic acids is 2. The van der Waals surface area contributed by atoms with Gasteiger partial charge in [0.1, 0.15) is 6.04 Å². The Kier molecular flexibility index (Phi) is 6.75. The van der Waals surface area contributed by atoms with E-state index in [4.69, 9.17) is 4.74 Å². The molecule has 144 valence electrons. The molecule has 0 radical (unpaired) electrons. The summed E-state index contributed by atoms with van der Waals surface area (Å²) >= 11 is 1.34. The number of aromatic nitrogens is 1. The monoisotopic (exact) mass is 395 g/mol. The molecule has 1 aromatic carbocycles. The number of rotatable bonds is 8. The SMILES string of the molecule is COc1ccc(CNC(=O)C(Cc2ccccc2)NC(=O)c2cccs2)cn1. The van der Waals surface area contributed by atoms with Crippen LogP contribution in [-0.2, 0) is 17.8 Å². The maximum atomic E-state index is 12.8. The van der Waals surface area contributed by atoms with E-state index in [0.29, 0.717) is 23.7 Å². The van der Waals surface area contributed by atoms with Crippen LogP contribution in [0.2, 0.25) is 0 Å². The average molecular weight is 395 g/mol. The van der Waals surface area contributed by atoms with Gasteiger partial charge in [-0.3, -0.25) is 9.59 Å². The van der Waals surface area contributed by atoms with E-state index in [9.17, 15) is 9.59 Å². The van der Waals surface area contributed by atoms with Gasteiger partial charge in [0.05, 0.1) is 12.0 Å². The largest absolute Gasteiger partial charge is 0.481 e. The number of thiophene rings is 1. The van der Waals surface area contributed by atoms with Crippen LogP contribution >= 0.6 is 11.3 Å². The summed E-state index contributed by atoms with van der Waals surface area (Å²) in [5.74, 6) is 0.0158. The lowest BCUT2D eigenvalue weighted by molar-refractivity contribution is -0.123. The zero-order chi connectivity index (χ0) is 19.8. The highest BCUT2D eigenvalue weighted by Gasteiger charge is 2.22. The van der Waals surface area contributed by atoms with Gasteiger partial charge in [-0.2, -0.15) is 0 Å². The first-order valence-corrected chi connectivity index (χ1v) is 9.68. The van der Waals surface area contributed by atoms with E-state index < -0.39 is 6.04 Å². The second-order valence-electron chi connectivity index (χ2n) is 6.12. The lowest BCUT2D eigenvalue weighted by Crippen LogP contribution is -2.47. The molecule has 0 spiro atoms. The van der Waals surface area contributed by atoms with Crippen molar-refractivity contribution in [3.05, 3.63) is 82.2 Å². The number of methoxy groups -OCH3 is 1. The predicted octanol–water partition coefficient (Wildman–Crippen LogP) is 2.81. The predicted molar refractivity (Wildman–Crippen MR) is 108 cm³/mol. The van der Waals surface area contributed by atoms with Crippen LogP contribution < -0.4 is 15.4 Å². The summed E-state index contributed by atoms with van der Waals surface area (Å²) in [5.41, 5.74) is 1.82. The molecule has 0 fully saturated rings. The molecule has 2 heterocycles. The Morgan fingerprint density at radius 3 is 2.54 bits per heavy atom. The molecule has 0 aliphatic carbocycles. The number of pyridine rings is 1. The maximum absolute atomic E-state index is 12.8. The average Bonchev–Trinajstić information content (AvgIpc) is 3.28. The second kappa shape index (κ2) is 9.66. The number of amides is 2. The van der Waals surface area contributed by atoms with E-state index >= 15 is 0 Å². The van der Waals surface area contributed by atoms with Gasteiger partial charge in [-0.05, 0) is 22.6 Å². The van der Waals surface area contributed by atoms with Crippen LogP contribution in [0, 0.1) is 0 Å². The van der Waals surface area contributed by atoms with E-state index in [-0.39, 0.29) is 11.8 Å². The quantitative estimate of drug-likeness (QED) is 0.615. The normalized spacial score (nSPS) is 11.5. The van der Waals surface area contributed by atoms with Crippen LogP contribution in [0.5, 0.6) is 5.88 Å². The lowest BCUT2D eigenvalue weighted by atomic mass is 10.0. The van der Waals surface area contributed by atoms with Gasteiger partial charge in [0.15, 0.2) is 0 Å². The van der Waals surface area contributed by atoms with Crippen LogP contribution in [0.4, 0.5) is 0 Å². The molecule has 0 bridgehead atoms. The summed E-state index contributed by atoms with van der Waals surface area (Å²) in [6.45, 7) is 0.315. The number of hydrogen-bond donors (Lipinski definition) is 2. The summed E-state index contributed by atoms with van der Waals surface area (Å²) in [7, 11) is 1.55. The molecule has 0 saturated heterocycles.